The highest BCUT2D eigenvalue weighted by Crippen LogP contribution is 2.36. The van der Waals surface area contributed by atoms with E-state index in [4.69, 9.17) is 13.9 Å². The molecule has 0 saturated carbocycles. The van der Waals surface area contributed by atoms with Gasteiger partial charge in [0.2, 0.25) is 0 Å². The van der Waals surface area contributed by atoms with Crippen LogP contribution < -0.4 is 0 Å². The van der Waals surface area contributed by atoms with Crippen molar-refractivity contribution in [2.75, 3.05) is 19.0 Å². The van der Waals surface area contributed by atoms with Gasteiger partial charge in [0.1, 0.15) is 5.60 Å². The van der Waals surface area contributed by atoms with Crippen LogP contribution in [0.3, 0.4) is 0 Å². The molecule has 0 saturated heterocycles. The normalized spacial score (nSPS) is 13.8. The quantitative estimate of drug-likeness (QED) is 0.0811. The first-order valence-corrected chi connectivity index (χ1v) is 16.1. The van der Waals surface area contributed by atoms with E-state index >= 15 is 0 Å². The lowest BCUT2D eigenvalue weighted by Crippen LogP contribution is -2.43. The van der Waals surface area contributed by atoms with E-state index < -0.39 is 32.0 Å². The highest BCUT2D eigenvalue weighted by atomic mass is 32.2. The molecule has 0 rings (SSSR count). The maximum Gasteiger partial charge on any atom is 0.421 e. The van der Waals surface area contributed by atoms with E-state index in [1.807, 2.05) is 26.8 Å². The van der Waals surface area contributed by atoms with Gasteiger partial charge in [-0.15, -0.1) is 0 Å². The van der Waals surface area contributed by atoms with Crippen molar-refractivity contribution in [3.63, 3.8) is 0 Å². The third-order valence-corrected chi connectivity index (χ3v) is 11.1. The largest absolute Gasteiger partial charge is 0.464 e. The van der Waals surface area contributed by atoms with Crippen LogP contribution >= 0.6 is 11.9 Å². The predicted molar refractivity (Wildman–Crippen MR) is 142 cm³/mol. The van der Waals surface area contributed by atoms with Crippen LogP contribution in [0.15, 0.2) is 12.2 Å². The summed E-state index contributed by atoms with van der Waals surface area (Å²) in [5, 5.41) is 0.145. The van der Waals surface area contributed by atoms with Gasteiger partial charge in [-0.2, -0.15) is 0 Å². The molecule has 0 aliphatic carbocycles. The lowest BCUT2D eigenvalue weighted by atomic mass is 10.2. The third-order valence-electron chi connectivity index (χ3n) is 5.45. The second-order valence-electron chi connectivity index (χ2n) is 10.7. The molecule has 0 fully saturated rings. The first-order valence-electron chi connectivity index (χ1n) is 12.3. The van der Waals surface area contributed by atoms with Crippen molar-refractivity contribution in [2.45, 2.75) is 117 Å². The van der Waals surface area contributed by atoms with E-state index in [0.717, 1.165) is 31.4 Å². The van der Waals surface area contributed by atoms with Crippen LogP contribution in [0.2, 0.25) is 18.1 Å². The van der Waals surface area contributed by atoms with Crippen molar-refractivity contribution >= 4 is 32.3 Å². The van der Waals surface area contributed by atoms with Gasteiger partial charge in [0.15, 0.2) is 14.4 Å². The maximum absolute atomic E-state index is 13.0. The van der Waals surface area contributed by atoms with Crippen molar-refractivity contribution in [1.82, 2.24) is 4.31 Å². The zero-order valence-corrected chi connectivity index (χ0v) is 24.6. The zero-order chi connectivity index (χ0) is 25.7. The van der Waals surface area contributed by atoms with Gasteiger partial charge in [-0.3, -0.25) is 0 Å². The summed E-state index contributed by atoms with van der Waals surface area (Å²) in [7, 11) is -1.83. The predicted octanol–water partition coefficient (Wildman–Crippen LogP) is 7.35. The second-order valence-corrected chi connectivity index (χ2v) is 16.6. The number of nitrogens with zero attached hydrogens (tertiary/aromatic N) is 1. The first-order chi connectivity index (χ1) is 15.2. The number of amides is 1. The molecule has 194 valence electrons. The number of ether oxygens (including phenoxy) is 2. The number of hydrogen-bond acceptors (Lipinski definition) is 6. The number of carbonyl (C=O) groups excluding carboxylic acids is 2. The van der Waals surface area contributed by atoms with Gasteiger partial charge in [-0.25, -0.2) is 13.9 Å². The molecule has 0 aromatic carbocycles. The molecule has 0 aliphatic rings. The van der Waals surface area contributed by atoms with Crippen LogP contribution in [0, 0.1) is 0 Å². The molecule has 1 atom stereocenters. The van der Waals surface area contributed by atoms with Gasteiger partial charge in [0.25, 0.3) is 0 Å². The molecule has 0 bridgehead atoms. The van der Waals surface area contributed by atoms with Gasteiger partial charge in [0.05, 0.1) is 6.61 Å². The molecule has 1 unspecified atom stereocenters. The lowest BCUT2D eigenvalue weighted by Gasteiger charge is -2.36. The summed E-state index contributed by atoms with van der Waals surface area (Å²) in [6.45, 7) is 21.3. The van der Waals surface area contributed by atoms with Crippen LogP contribution in [0.25, 0.3) is 0 Å². The summed E-state index contributed by atoms with van der Waals surface area (Å²) < 4.78 is 18.5. The average Bonchev–Trinajstić information content (AvgIpc) is 2.66. The molecule has 0 spiro atoms. The molecule has 0 radical (unpaired) electrons. The van der Waals surface area contributed by atoms with Crippen LogP contribution in [-0.2, 0) is 18.7 Å². The standard InChI is InChI=1S/C25H49NO5SSi/c1-11-13-14-17-20-32-26(23(28)31-24(3,4)5)21(22(27)29-12-2)18-15-16-19-30-33(9,10)25(6,7)8/h15,18,21H,11-14,16-17,19-20H2,1-10H3/b18-15+. The second kappa shape index (κ2) is 15.1. The lowest BCUT2D eigenvalue weighted by molar-refractivity contribution is -0.145. The SMILES string of the molecule is CCCCCCSN(C(=O)OC(C)(C)C)C(/C=C/CCO[Si](C)(C)C(C)(C)C)C(=O)OCC. The van der Waals surface area contributed by atoms with Crippen LogP contribution in [0.1, 0.15) is 87.5 Å². The van der Waals surface area contributed by atoms with E-state index in [2.05, 4.69) is 40.8 Å². The van der Waals surface area contributed by atoms with Crippen LogP contribution in [0.5, 0.6) is 0 Å². The molecule has 0 aromatic rings. The van der Waals surface area contributed by atoms with E-state index in [1.54, 1.807) is 13.0 Å². The molecule has 1 amide bonds. The van der Waals surface area contributed by atoms with E-state index in [1.165, 1.54) is 16.3 Å². The fourth-order valence-corrected chi connectivity index (χ4v) is 4.60. The number of rotatable bonds is 14. The highest BCUT2D eigenvalue weighted by Gasteiger charge is 2.37. The fourth-order valence-electron chi connectivity index (χ4n) is 2.55. The molecule has 0 aliphatic heterocycles. The molecule has 6 nitrogen and oxygen atoms in total. The summed E-state index contributed by atoms with van der Waals surface area (Å²) in [5.74, 6) is 0.281. The minimum atomic E-state index is -1.83. The summed E-state index contributed by atoms with van der Waals surface area (Å²) in [6, 6.07) is -0.844. The molecule has 0 aromatic heterocycles. The topological polar surface area (TPSA) is 65.1 Å². The van der Waals surface area contributed by atoms with Gasteiger partial charge < -0.3 is 13.9 Å². The Morgan fingerprint density at radius 3 is 2.18 bits per heavy atom. The van der Waals surface area contributed by atoms with Gasteiger partial charge >= 0.3 is 12.1 Å². The fraction of sp³-hybridized carbons (Fsp3) is 0.840. The molecule has 33 heavy (non-hydrogen) atoms. The van der Waals surface area contributed by atoms with Crippen LogP contribution in [-0.4, -0.2) is 55.3 Å². The van der Waals surface area contributed by atoms with Gasteiger partial charge in [-0.1, -0.05) is 59.1 Å². The Morgan fingerprint density at radius 1 is 1.03 bits per heavy atom. The molecule has 0 heterocycles. The van der Waals surface area contributed by atoms with Gasteiger partial charge in [-0.05, 0) is 70.6 Å². The number of hydrogen-bond donors (Lipinski definition) is 0. The minimum Gasteiger partial charge on any atom is -0.464 e. The first kappa shape index (κ1) is 32.0. The van der Waals surface area contributed by atoms with Crippen molar-refractivity contribution in [3.8, 4) is 0 Å². The Balaban J connectivity index is 5.42. The Kier molecular flexibility index (Phi) is 14.6. The Morgan fingerprint density at radius 2 is 1.67 bits per heavy atom. The number of esters is 1. The summed E-state index contributed by atoms with van der Waals surface area (Å²) >= 11 is 1.34. The van der Waals surface area contributed by atoms with E-state index in [-0.39, 0.29) is 11.6 Å². The molecule has 0 N–H and O–H groups in total. The molecule has 8 heteroatoms. The van der Waals surface area contributed by atoms with Gasteiger partial charge in [0, 0.05) is 12.4 Å². The average molecular weight is 504 g/mol. The van der Waals surface area contributed by atoms with E-state index in [9.17, 15) is 9.59 Å². The number of unbranched alkanes of at least 4 members (excludes halogenated alkanes) is 3. The number of carbonyl (C=O) groups is 2. The zero-order valence-electron chi connectivity index (χ0n) is 22.8. The highest BCUT2D eigenvalue weighted by molar-refractivity contribution is 7.97. The Bertz CT molecular complexity index is 611. The van der Waals surface area contributed by atoms with Crippen molar-refractivity contribution in [2.24, 2.45) is 0 Å². The molecular formula is C25H49NO5SSi. The van der Waals surface area contributed by atoms with E-state index in [0.29, 0.717) is 13.0 Å². The third kappa shape index (κ3) is 13.5. The van der Waals surface area contributed by atoms with Crippen molar-refractivity contribution in [1.29, 1.82) is 0 Å². The smallest absolute Gasteiger partial charge is 0.421 e. The maximum atomic E-state index is 13.0. The Labute approximate surface area is 208 Å². The summed E-state index contributed by atoms with van der Waals surface area (Å²) in [4.78, 5) is 25.8. The monoisotopic (exact) mass is 503 g/mol. The van der Waals surface area contributed by atoms with Crippen molar-refractivity contribution in [3.05, 3.63) is 12.2 Å². The Hall–Kier alpha value is -0.993. The summed E-state index contributed by atoms with van der Waals surface area (Å²) in [5.41, 5.74) is -0.655. The molecular weight excluding hydrogens is 454 g/mol. The van der Waals surface area contributed by atoms with Crippen LogP contribution in [0.4, 0.5) is 4.79 Å². The summed E-state index contributed by atoms with van der Waals surface area (Å²) in [6.07, 6.45) is 8.15. The minimum absolute atomic E-state index is 0.145. The van der Waals surface area contributed by atoms with Crippen molar-refractivity contribution < 1.29 is 23.5 Å².